The van der Waals surface area contributed by atoms with Crippen LogP contribution in [0.3, 0.4) is 0 Å². The summed E-state index contributed by atoms with van der Waals surface area (Å²) in [5.74, 6) is 0.331. The Morgan fingerprint density at radius 2 is 1.71 bits per heavy atom. The number of hydrogen-bond donors (Lipinski definition) is 1. The van der Waals surface area contributed by atoms with Crippen LogP contribution < -0.4 is 10.2 Å². The molecule has 0 aliphatic carbocycles. The zero-order valence-corrected chi connectivity index (χ0v) is 14.6. The molecule has 3 nitrogen and oxygen atoms in total. The number of benzene rings is 2. The number of anilines is 1. The molecule has 1 aliphatic rings. The van der Waals surface area contributed by atoms with E-state index in [1.165, 1.54) is 22.4 Å². The number of carbonyl (C=O) groups excluding carboxylic acids is 1. The quantitative estimate of drug-likeness (QED) is 0.927. The second-order valence-corrected chi connectivity index (χ2v) is 6.74. The number of hydrogen-bond acceptors (Lipinski definition) is 2. The molecule has 24 heavy (non-hydrogen) atoms. The monoisotopic (exact) mass is 322 g/mol. The smallest absolute Gasteiger partial charge is 0.223 e. The highest BCUT2D eigenvalue weighted by Crippen LogP contribution is 2.23. The largest absolute Gasteiger partial charge is 0.371 e. The van der Waals surface area contributed by atoms with E-state index in [9.17, 15) is 4.79 Å². The summed E-state index contributed by atoms with van der Waals surface area (Å²) >= 11 is 0. The van der Waals surface area contributed by atoms with Crippen LogP contribution in [0.2, 0.25) is 0 Å². The molecular formula is C21H26N2O. The number of rotatable bonds is 4. The van der Waals surface area contributed by atoms with Gasteiger partial charge in [-0.05, 0) is 49.9 Å². The molecule has 2 aromatic rings. The van der Waals surface area contributed by atoms with E-state index in [1.807, 2.05) is 12.1 Å². The minimum absolute atomic E-state index is 0.135. The Bertz CT molecular complexity index is 685. The lowest BCUT2D eigenvalue weighted by Gasteiger charge is -2.33. The molecule has 126 valence electrons. The van der Waals surface area contributed by atoms with E-state index < -0.39 is 0 Å². The van der Waals surface area contributed by atoms with E-state index in [0.29, 0.717) is 6.54 Å². The molecule has 0 bridgehead atoms. The molecule has 1 N–H and O–H groups in total. The van der Waals surface area contributed by atoms with Gasteiger partial charge < -0.3 is 10.2 Å². The summed E-state index contributed by atoms with van der Waals surface area (Å²) in [6.07, 6.45) is 1.85. The molecule has 0 unspecified atom stereocenters. The topological polar surface area (TPSA) is 32.3 Å². The van der Waals surface area contributed by atoms with Gasteiger partial charge in [0, 0.05) is 31.2 Å². The number of nitrogens with one attached hydrogen (secondary N) is 1. The van der Waals surface area contributed by atoms with Crippen LogP contribution in [-0.4, -0.2) is 19.0 Å². The van der Waals surface area contributed by atoms with Gasteiger partial charge in [-0.2, -0.15) is 0 Å². The average Bonchev–Trinajstić information content (AvgIpc) is 2.62. The Balaban J connectivity index is 1.50. The summed E-state index contributed by atoms with van der Waals surface area (Å²) in [4.78, 5) is 14.8. The first-order valence-corrected chi connectivity index (χ1v) is 8.77. The lowest BCUT2D eigenvalue weighted by atomic mass is 9.95. The lowest BCUT2D eigenvalue weighted by Crippen LogP contribution is -2.40. The van der Waals surface area contributed by atoms with Crippen LogP contribution in [0.15, 0.2) is 48.5 Å². The maximum Gasteiger partial charge on any atom is 0.223 e. The van der Waals surface area contributed by atoms with Crippen molar-refractivity contribution in [3.05, 3.63) is 65.2 Å². The molecule has 0 atom stereocenters. The molecule has 1 fully saturated rings. The van der Waals surface area contributed by atoms with Gasteiger partial charge in [-0.1, -0.05) is 42.0 Å². The summed E-state index contributed by atoms with van der Waals surface area (Å²) in [7, 11) is 0. The Morgan fingerprint density at radius 3 is 2.38 bits per heavy atom. The molecule has 0 saturated carbocycles. The van der Waals surface area contributed by atoms with E-state index in [1.54, 1.807) is 0 Å². The van der Waals surface area contributed by atoms with Gasteiger partial charge in [0.15, 0.2) is 0 Å². The number of nitrogens with zero attached hydrogens (tertiary/aromatic N) is 1. The Kier molecular flexibility index (Phi) is 5.19. The summed E-state index contributed by atoms with van der Waals surface area (Å²) in [6.45, 7) is 6.72. The summed E-state index contributed by atoms with van der Waals surface area (Å²) in [6, 6.07) is 16.9. The normalized spacial score (nSPS) is 15.3. The van der Waals surface area contributed by atoms with Crippen LogP contribution in [-0.2, 0) is 11.3 Å². The molecule has 1 amide bonds. The highest BCUT2D eigenvalue weighted by atomic mass is 16.1. The SMILES string of the molecule is Cc1ccc(N2CCC(C(=O)NCc3ccccc3C)CC2)cc1. The van der Waals surface area contributed by atoms with Crippen LogP contribution in [0.25, 0.3) is 0 Å². The third kappa shape index (κ3) is 3.97. The number of aryl methyl sites for hydroxylation is 2. The second kappa shape index (κ2) is 7.52. The van der Waals surface area contributed by atoms with Gasteiger partial charge in [-0.15, -0.1) is 0 Å². The Hall–Kier alpha value is -2.29. The molecule has 0 spiro atoms. The zero-order valence-electron chi connectivity index (χ0n) is 14.6. The van der Waals surface area contributed by atoms with Gasteiger partial charge in [0.25, 0.3) is 0 Å². The molecule has 1 saturated heterocycles. The van der Waals surface area contributed by atoms with Crippen molar-refractivity contribution in [2.75, 3.05) is 18.0 Å². The number of carbonyl (C=O) groups is 1. The Morgan fingerprint density at radius 1 is 1.04 bits per heavy atom. The van der Waals surface area contributed by atoms with Crippen LogP contribution in [0, 0.1) is 19.8 Å². The van der Waals surface area contributed by atoms with Crippen LogP contribution in [0.4, 0.5) is 5.69 Å². The maximum atomic E-state index is 12.4. The van der Waals surface area contributed by atoms with Crippen molar-refractivity contribution in [3.8, 4) is 0 Å². The number of piperidine rings is 1. The van der Waals surface area contributed by atoms with E-state index >= 15 is 0 Å². The molecule has 3 heteroatoms. The van der Waals surface area contributed by atoms with Crippen molar-refractivity contribution in [3.63, 3.8) is 0 Å². The van der Waals surface area contributed by atoms with Crippen molar-refractivity contribution < 1.29 is 4.79 Å². The molecule has 1 heterocycles. The molecule has 0 aromatic heterocycles. The van der Waals surface area contributed by atoms with Gasteiger partial charge in [0.1, 0.15) is 0 Å². The maximum absolute atomic E-state index is 12.4. The van der Waals surface area contributed by atoms with Gasteiger partial charge >= 0.3 is 0 Å². The summed E-state index contributed by atoms with van der Waals surface area (Å²) < 4.78 is 0. The third-order valence-electron chi connectivity index (χ3n) is 4.98. The van der Waals surface area contributed by atoms with Crippen LogP contribution in [0.5, 0.6) is 0 Å². The predicted octanol–water partition coefficient (Wildman–Crippen LogP) is 3.84. The fourth-order valence-corrected chi connectivity index (χ4v) is 3.29. The summed E-state index contributed by atoms with van der Waals surface area (Å²) in [5.41, 5.74) is 4.97. The molecule has 1 aliphatic heterocycles. The first kappa shape index (κ1) is 16.6. The Labute approximate surface area is 144 Å². The second-order valence-electron chi connectivity index (χ2n) is 6.74. The fourth-order valence-electron chi connectivity index (χ4n) is 3.29. The first-order chi connectivity index (χ1) is 11.6. The van der Waals surface area contributed by atoms with Gasteiger partial charge in [-0.25, -0.2) is 0 Å². The average molecular weight is 322 g/mol. The van der Waals surface area contributed by atoms with Crippen molar-refractivity contribution in [2.24, 2.45) is 5.92 Å². The molecule has 3 rings (SSSR count). The minimum atomic E-state index is 0.135. The van der Waals surface area contributed by atoms with E-state index in [0.717, 1.165) is 25.9 Å². The van der Waals surface area contributed by atoms with E-state index in [-0.39, 0.29) is 11.8 Å². The molecule has 2 aromatic carbocycles. The third-order valence-corrected chi connectivity index (χ3v) is 4.98. The molecule has 0 radical (unpaired) electrons. The zero-order chi connectivity index (χ0) is 16.9. The lowest BCUT2D eigenvalue weighted by molar-refractivity contribution is -0.125. The van der Waals surface area contributed by atoms with Gasteiger partial charge in [0.05, 0.1) is 0 Å². The fraction of sp³-hybridized carbons (Fsp3) is 0.381. The van der Waals surface area contributed by atoms with Crippen molar-refractivity contribution in [1.82, 2.24) is 5.32 Å². The van der Waals surface area contributed by atoms with Gasteiger partial charge in [0.2, 0.25) is 5.91 Å². The van der Waals surface area contributed by atoms with Gasteiger partial charge in [-0.3, -0.25) is 4.79 Å². The van der Waals surface area contributed by atoms with Crippen LogP contribution in [0.1, 0.15) is 29.5 Å². The molecular weight excluding hydrogens is 296 g/mol. The van der Waals surface area contributed by atoms with Crippen LogP contribution >= 0.6 is 0 Å². The van der Waals surface area contributed by atoms with E-state index in [2.05, 4.69) is 60.5 Å². The first-order valence-electron chi connectivity index (χ1n) is 8.77. The minimum Gasteiger partial charge on any atom is -0.371 e. The number of amides is 1. The predicted molar refractivity (Wildman–Crippen MR) is 99.1 cm³/mol. The van der Waals surface area contributed by atoms with Crippen molar-refractivity contribution in [1.29, 1.82) is 0 Å². The highest BCUT2D eigenvalue weighted by Gasteiger charge is 2.24. The summed E-state index contributed by atoms with van der Waals surface area (Å²) in [5, 5.41) is 3.11. The standard InChI is InChI=1S/C21H26N2O/c1-16-7-9-20(10-8-16)23-13-11-18(12-14-23)21(24)22-15-19-6-4-3-5-17(19)2/h3-10,18H,11-15H2,1-2H3,(H,22,24). The van der Waals surface area contributed by atoms with Crippen molar-refractivity contribution >= 4 is 11.6 Å². The van der Waals surface area contributed by atoms with Crippen molar-refractivity contribution in [2.45, 2.75) is 33.2 Å². The highest BCUT2D eigenvalue weighted by molar-refractivity contribution is 5.79. The van der Waals surface area contributed by atoms with E-state index in [4.69, 9.17) is 0 Å².